The zero-order valence-electron chi connectivity index (χ0n) is 14.4. The van der Waals surface area contributed by atoms with Crippen LogP contribution in [0.1, 0.15) is 46.1 Å². The monoisotopic (exact) mass is 305 g/mol. The minimum absolute atomic E-state index is 0.00923. The van der Waals surface area contributed by atoms with Gasteiger partial charge in [0.25, 0.3) is 0 Å². The first-order valence-electron chi connectivity index (χ1n) is 7.92. The summed E-state index contributed by atoms with van der Waals surface area (Å²) >= 11 is 0. The lowest BCUT2D eigenvalue weighted by atomic mass is 9.78. The Balaban J connectivity index is 1.89. The normalized spacial score (nSPS) is 24.8. The van der Waals surface area contributed by atoms with Gasteiger partial charge in [0, 0.05) is 11.0 Å². The molecule has 120 valence electrons. The molecule has 1 saturated heterocycles. The van der Waals surface area contributed by atoms with Gasteiger partial charge >= 0.3 is 7.12 Å². The second-order valence-corrected chi connectivity index (χ2v) is 7.75. The lowest BCUT2D eigenvalue weighted by Gasteiger charge is -2.32. The molecule has 1 heterocycles. The quantitative estimate of drug-likeness (QED) is 0.802. The van der Waals surface area contributed by atoms with Crippen LogP contribution in [0.25, 0.3) is 0 Å². The molecule has 1 aromatic carbocycles. The van der Waals surface area contributed by atoms with E-state index < -0.39 is 18.3 Å². The summed E-state index contributed by atoms with van der Waals surface area (Å²) in [5.41, 5.74) is 0.621. The van der Waals surface area contributed by atoms with Crippen molar-refractivity contribution < 1.29 is 13.7 Å². The number of benzene rings is 1. The van der Waals surface area contributed by atoms with Crippen molar-refractivity contribution in [1.29, 1.82) is 0 Å². The van der Waals surface area contributed by atoms with Crippen molar-refractivity contribution >= 4 is 12.6 Å². The Morgan fingerprint density at radius 3 is 2.00 bits per heavy atom. The lowest BCUT2D eigenvalue weighted by Crippen LogP contribution is -2.41. The maximum absolute atomic E-state index is 14.6. The third-order valence-electron chi connectivity index (χ3n) is 5.62. The van der Waals surface area contributed by atoms with Gasteiger partial charge in [-0.25, -0.2) is 4.39 Å². The zero-order chi connectivity index (χ0) is 16.3. The Bertz CT molecular complexity index is 580. The Hall–Kier alpha value is -0.905. The van der Waals surface area contributed by atoms with Crippen molar-refractivity contribution in [3.8, 4) is 0 Å². The van der Waals surface area contributed by atoms with E-state index in [1.165, 1.54) is 0 Å². The molecule has 0 radical (unpaired) electrons. The van der Waals surface area contributed by atoms with E-state index in [9.17, 15) is 4.39 Å². The summed E-state index contributed by atoms with van der Waals surface area (Å²) in [6, 6.07) is 5.47. The number of hydrogen-bond donors (Lipinski definition) is 0. The highest BCUT2D eigenvalue weighted by atomic mass is 19.1. The van der Waals surface area contributed by atoms with Gasteiger partial charge in [-0.2, -0.15) is 0 Å². The molecule has 2 aliphatic rings. The van der Waals surface area contributed by atoms with Gasteiger partial charge in [0.05, 0.1) is 11.2 Å². The topological polar surface area (TPSA) is 21.7 Å². The van der Waals surface area contributed by atoms with E-state index in [1.54, 1.807) is 6.07 Å². The Labute approximate surface area is 132 Å². The Morgan fingerprint density at radius 2 is 1.59 bits per heavy atom. The molecule has 5 heteroatoms. The molecule has 0 amide bonds. The molecule has 0 atom stereocenters. The van der Waals surface area contributed by atoms with E-state index in [2.05, 4.69) is 4.90 Å². The van der Waals surface area contributed by atoms with Gasteiger partial charge in [0.15, 0.2) is 0 Å². The Morgan fingerprint density at radius 1 is 1.05 bits per heavy atom. The van der Waals surface area contributed by atoms with Gasteiger partial charge in [-0.15, -0.1) is 0 Å². The third kappa shape index (κ3) is 2.30. The number of hydrogen-bond acceptors (Lipinski definition) is 3. The molecular weight excluding hydrogens is 280 g/mol. The molecule has 3 nitrogen and oxygen atoms in total. The fraction of sp³-hybridized carbons (Fsp3) is 0.647. The van der Waals surface area contributed by atoms with Crippen LogP contribution in [0, 0.1) is 5.82 Å². The number of nitrogens with zero attached hydrogens (tertiary/aromatic N) is 1. The standard InChI is InChI=1S/C17H25BFNO2/c1-15(2)16(3,4)22-18(21-15)13-8-7-12(11-14(13)19)17(9-10-17)20(5)6/h7-8,11H,9-10H2,1-6H3. The average molecular weight is 305 g/mol. The predicted molar refractivity (Wildman–Crippen MR) is 86.7 cm³/mol. The molecule has 22 heavy (non-hydrogen) atoms. The lowest BCUT2D eigenvalue weighted by molar-refractivity contribution is 0.00578. The molecule has 2 fully saturated rings. The second-order valence-electron chi connectivity index (χ2n) is 7.75. The first kappa shape index (κ1) is 16.0. The smallest absolute Gasteiger partial charge is 0.399 e. The molecular formula is C17H25BFNO2. The van der Waals surface area contributed by atoms with Crippen LogP contribution < -0.4 is 5.46 Å². The average Bonchev–Trinajstić information content (AvgIpc) is 3.14. The maximum Gasteiger partial charge on any atom is 0.497 e. The largest absolute Gasteiger partial charge is 0.497 e. The van der Waals surface area contributed by atoms with E-state index in [1.807, 2.05) is 53.9 Å². The van der Waals surface area contributed by atoms with Crippen molar-refractivity contribution in [2.45, 2.75) is 57.3 Å². The summed E-state index contributed by atoms with van der Waals surface area (Å²) in [5, 5.41) is 0. The Kier molecular flexibility index (Phi) is 3.48. The SMILES string of the molecule is CN(C)C1(c2ccc(B3OC(C)(C)C(C)(C)O3)c(F)c2)CC1. The van der Waals surface area contributed by atoms with Crippen LogP contribution in [0.3, 0.4) is 0 Å². The number of rotatable bonds is 3. The van der Waals surface area contributed by atoms with Gasteiger partial charge in [-0.1, -0.05) is 12.1 Å². The highest BCUT2D eigenvalue weighted by molar-refractivity contribution is 6.62. The highest BCUT2D eigenvalue weighted by Gasteiger charge is 2.53. The van der Waals surface area contributed by atoms with Crippen molar-refractivity contribution in [1.82, 2.24) is 4.90 Å². The molecule has 1 aromatic rings. The van der Waals surface area contributed by atoms with Crippen molar-refractivity contribution in [3.05, 3.63) is 29.6 Å². The molecule has 0 N–H and O–H groups in total. The summed E-state index contributed by atoms with van der Waals surface area (Å²) in [4.78, 5) is 2.18. The van der Waals surface area contributed by atoms with Crippen molar-refractivity contribution in [3.63, 3.8) is 0 Å². The number of halogens is 1. The van der Waals surface area contributed by atoms with E-state index in [0.717, 1.165) is 18.4 Å². The maximum atomic E-state index is 14.6. The highest BCUT2D eigenvalue weighted by Crippen LogP contribution is 2.49. The molecule has 0 unspecified atom stereocenters. The molecule has 0 bridgehead atoms. The predicted octanol–water partition coefficient (Wildman–Crippen LogP) is 2.68. The van der Waals surface area contributed by atoms with Crippen LogP contribution in [0.5, 0.6) is 0 Å². The first-order valence-corrected chi connectivity index (χ1v) is 7.92. The molecule has 1 aliphatic carbocycles. The molecule has 3 rings (SSSR count). The van der Waals surface area contributed by atoms with Gasteiger partial charge in [0.2, 0.25) is 0 Å². The van der Waals surface area contributed by atoms with E-state index >= 15 is 0 Å². The van der Waals surface area contributed by atoms with Gasteiger partial charge in [0.1, 0.15) is 5.82 Å². The molecule has 0 spiro atoms. The van der Waals surface area contributed by atoms with E-state index in [-0.39, 0.29) is 11.4 Å². The van der Waals surface area contributed by atoms with Crippen LogP contribution in [-0.4, -0.2) is 37.3 Å². The first-order chi connectivity index (χ1) is 10.1. The summed E-state index contributed by atoms with van der Waals surface area (Å²) < 4.78 is 26.5. The van der Waals surface area contributed by atoms with Crippen LogP contribution in [0.15, 0.2) is 18.2 Å². The molecule has 1 saturated carbocycles. The van der Waals surface area contributed by atoms with Crippen LogP contribution >= 0.6 is 0 Å². The molecule has 1 aliphatic heterocycles. The van der Waals surface area contributed by atoms with Crippen molar-refractivity contribution in [2.75, 3.05) is 14.1 Å². The van der Waals surface area contributed by atoms with Crippen molar-refractivity contribution in [2.24, 2.45) is 0 Å². The fourth-order valence-electron chi connectivity index (χ4n) is 3.09. The summed E-state index contributed by atoms with van der Waals surface area (Å²) in [6.45, 7) is 7.91. The van der Waals surface area contributed by atoms with E-state index in [4.69, 9.17) is 9.31 Å². The van der Waals surface area contributed by atoms with Gasteiger partial charge in [-0.05, 0) is 66.3 Å². The van der Waals surface area contributed by atoms with Crippen LogP contribution in [0.4, 0.5) is 4.39 Å². The van der Waals surface area contributed by atoms with Gasteiger partial charge < -0.3 is 9.31 Å². The van der Waals surface area contributed by atoms with E-state index in [0.29, 0.717) is 5.46 Å². The summed E-state index contributed by atoms with van der Waals surface area (Å²) in [6.07, 6.45) is 2.16. The minimum Gasteiger partial charge on any atom is -0.399 e. The third-order valence-corrected chi connectivity index (χ3v) is 5.62. The van der Waals surface area contributed by atoms with Gasteiger partial charge in [-0.3, -0.25) is 4.90 Å². The summed E-state index contributed by atoms with van der Waals surface area (Å²) in [5.74, 6) is -0.246. The minimum atomic E-state index is -0.645. The second kappa shape index (κ2) is 4.79. The summed E-state index contributed by atoms with van der Waals surface area (Å²) in [7, 11) is 3.45. The zero-order valence-corrected chi connectivity index (χ0v) is 14.4. The fourth-order valence-corrected chi connectivity index (χ4v) is 3.09. The molecule has 0 aromatic heterocycles. The van der Waals surface area contributed by atoms with Crippen LogP contribution in [-0.2, 0) is 14.8 Å². The van der Waals surface area contributed by atoms with Crippen LogP contribution in [0.2, 0.25) is 0 Å².